The lowest BCUT2D eigenvalue weighted by Crippen LogP contribution is -2.14. The van der Waals surface area contributed by atoms with Gasteiger partial charge >= 0.3 is 5.97 Å². The van der Waals surface area contributed by atoms with Crippen molar-refractivity contribution in [2.24, 2.45) is 0 Å². The zero-order valence-electron chi connectivity index (χ0n) is 9.91. The highest BCUT2D eigenvalue weighted by Gasteiger charge is 2.18. The molecule has 1 heterocycles. The Morgan fingerprint density at radius 2 is 2.05 bits per heavy atom. The Balaban J connectivity index is 2.31. The number of benzene rings is 1. The van der Waals surface area contributed by atoms with Crippen LogP contribution in [0, 0.1) is 6.92 Å². The number of hydrogen-bond acceptors (Lipinski definition) is 4. The fourth-order valence-electron chi connectivity index (χ4n) is 1.53. The van der Waals surface area contributed by atoms with Crippen molar-refractivity contribution in [3.05, 3.63) is 41.6 Å². The number of aromatic amines is 1. The summed E-state index contributed by atoms with van der Waals surface area (Å²) in [5.41, 5.74) is 0.395. The molecule has 0 aliphatic rings. The van der Waals surface area contributed by atoms with Gasteiger partial charge in [-0.15, -0.1) is 0 Å². The van der Waals surface area contributed by atoms with E-state index in [0.29, 0.717) is 5.56 Å². The Morgan fingerprint density at radius 3 is 2.63 bits per heavy atom. The maximum absolute atomic E-state index is 12.1. The minimum atomic E-state index is -3.78. The number of nitrogens with one attached hydrogen (secondary N) is 2. The summed E-state index contributed by atoms with van der Waals surface area (Å²) in [5, 5.41) is 14.5. The van der Waals surface area contributed by atoms with E-state index in [-0.39, 0.29) is 16.4 Å². The van der Waals surface area contributed by atoms with Gasteiger partial charge in [0.15, 0.2) is 5.82 Å². The molecule has 0 amide bonds. The number of rotatable bonds is 4. The van der Waals surface area contributed by atoms with Crippen LogP contribution in [-0.4, -0.2) is 29.7 Å². The third-order valence-electron chi connectivity index (χ3n) is 2.43. The molecule has 8 heteroatoms. The first-order chi connectivity index (χ1) is 8.90. The van der Waals surface area contributed by atoms with Gasteiger partial charge in [-0.25, -0.2) is 13.2 Å². The molecule has 0 saturated heterocycles. The van der Waals surface area contributed by atoms with Crippen LogP contribution in [0.1, 0.15) is 16.1 Å². The number of nitrogens with zero attached hydrogens (tertiary/aromatic N) is 1. The number of aryl methyl sites for hydroxylation is 1. The van der Waals surface area contributed by atoms with Gasteiger partial charge in [0.05, 0.1) is 4.90 Å². The van der Waals surface area contributed by atoms with Gasteiger partial charge < -0.3 is 5.11 Å². The van der Waals surface area contributed by atoms with Crippen LogP contribution in [0.3, 0.4) is 0 Å². The number of H-pyrrole nitrogens is 1. The lowest BCUT2D eigenvalue weighted by Gasteiger charge is -2.07. The van der Waals surface area contributed by atoms with Crippen molar-refractivity contribution in [3.63, 3.8) is 0 Å². The van der Waals surface area contributed by atoms with Crippen molar-refractivity contribution in [3.8, 4) is 0 Å². The predicted octanol–water partition coefficient (Wildman–Crippen LogP) is 1.22. The van der Waals surface area contributed by atoms with Crippen molar-refractivity contribution in [2.45, 2.75) is 11.8 Å². The molecule has 0 spiro atoms. The summed E-state index contributed by atoms with van der Waals surface area (Å²) in [6.45, 7) is 1.67. The van der Waals surface area contributed by atoms with E-state index in [0.717, 1.165) is 6.07 Å². The Morgan fingerprint density at radius 1 is 1.37 bits per heavy atom. The fourth-order valence-corrected chi connectivity index (χ4v) is 2.77. The number of hydrogen-bond donors (Lipinski definition) is 3. The molecule has 0 radical (unpaired) electrons. The standard InChI is InChI=1S/C11H11N3O4S/c1-7-4-2-3-5-9(7)19(17,18)14-10-6-8(11(15)16)12-13-10/h2-6H,1H3,(H,15,16)(H2,12,13,14). The second-order valence-corrected chi connectivity index (χ2v) is 5.49. The first kappa shape index (κ1) is 13.1. The van der Waals surface area contributed by atoms with Gasteiger partial charge in [0.1, 0.15) is 5.69 Å². The van der Waals surface area contributed by atoms with Gasteiger partial charge in [-0.3, -0.25) is 9.82 Å². The maximum atomic E-state index is 12.1. The third kappa shape index (κ3) is 2.74. The average Bonchev–Trinajstić information content (AvgIpc) is 2.77. The number of aromatic carboxylic acids is 1. The monoisotopic (exact) mass is 281 g/mol. The largest absolute Gasteiger partial charge is 0.477 e. The van der Waals surface area contributed by atoms with E-state index in [9.17, 15) is 13.2 Å². The van der Waals surface area contributed by atoms with Crippen LogP contribution in [0.15, 0.2) is 35.2 Å². The summed E-state index contributed by atoms with van der Waals surface area (Å²) in [5.74, 6) is -1.28. The molecule has 19 heavy (non-hydrogen) atoms. The second-order valence-electron chi connectivity index (χ2n) is 3.84. The highest BCUT2D eigenvalue weighted by Crippen LogP contribution is 2.18. The normalized spacial score (nSPS) is 11.2. The van der Waals surface area contributed by atoms with Crippen molar-refractivity contribution >= 4 is 21.8 Å². The van der Waals surface area contributed by atoms with Gasteiger partial charge in [0.25, 0.3) is 10.0 Å². The molecule has 7 nitrogen and oxygen atoms in total. The summed E-state index contributed by atoms with van der Waals surface area (Å²) in [7, 11) is -3.78. The predicted molar refractivity (Wildman–Crippen MR) is 67.5 cm³/mol. The molecule has 2 aromatic rings. The first-order valence-electron chi connectivity index (χ1n) is 5.27. The summed E-state index contributed by atoms with van der Waals surface area (Å²) in [4.78, 5) is 10.8. The van der Waals surface area contributed by atoms with Crippen LogP contribution in [0.2, 0.25) is 0 Å². The van der Waals surface area contributed by atoms with E-state index >= 15 is 0 Å². The van der Waals surface area contributed by atoms with Crippen molar-refractivity contribution in [2.75, 3.05) is 4.72 Å². The number of carboxylic acid groups (broad SMARTS) is 1. The number of aromatic nitrogens is 2. The van der Waals surface area contributed by atoms with Crippen LogP contribution in [0.5, 0.6) is 0 Å². The molecular weight excluding hydrogens is 270 g/mol. The fraction of sp³-hybridized carbons (Fsp3) is 0.0909. The molecule has 0 saturated carbocycles. The molecular formula is C11H11N3O4S. The molecule has 1 aromatic heterocycles. The maximum Gasteiger partial charge on any atom is 0.353 e. The lowest BCUT2D eigenvalue weighted by atomic mass is 10.2. The van der Waals surface area contributed by atoms with Crippen molar-refractivity contribution in [1.82, 2.24) is 10.2 Å². The van der Waals surface area contributed by atoms with Crippen LogP contribution >= 0.6 is 0 Å². The van der Waals surface area contributed by atoms with E-state index in [4.69, 9.17) is 5.11 Å². The minimum absolute atomic E-state index is 0.0688. The molecule has 0 aliphatic carbocycles. The van der Waals surface area contributed by atoms with Crippen molar-refractivity contribution < 1.29 is 18.3 Å². The van der Waals surface area contributed by atoms with Gasteiger partial charge in [-0.1, -0.05) is 18.2 Å². The van der Waals surface area contributed by atoms with E-state index in [1.807, 2.05) is 0 Å². The van der Waals surface area contributed by atoms with E-state index in [2.05, 4.69) is 14.9 Å². The zero-order valence-corrected chi connectivity index (χ0v) is 10.7. The molecule has 0 bridgehead atoms. The Labute approximate surface area is 109 Å². The molecule has 100 valence electrons. The molecule has 2 rings (SSSR count). The summed E-state index contributed by atoms with van der Waals surface area (Å²) in [6, 6.07) is 7.57. The SMILES string of the molecule is Cc1ccccc1S(=O)(=O)Nc1cc(C(=O)O)[nH]n1. The molecule has 0 fully saturated rings. The highest BCUT2D eigenvalue weighted by atomic mass is 32.2. The number of anilines is 1. The van der Waals surface area contributed by atoms with Gasteiger partial charge in [-0.2, -0.15) is 5.10 Å². The summed E-state index contributed by atoms with van der Waals surface area (Å²) >= 11 is 0. The molecule has 1 aromatic carbocycles. The van der Waals surface area contributed by atoms with Gasteiger partial charge in [0.2, 0.25) is 0 Å². The Kier molecular flexibility index (Phi) is 3.26. The van der Waals surface area contributed by atoms with Gasteiger partial charge in [-0.05, 0) is 18.6 Å². The van der Waals surface area contributed by atoms with E-state index in [1.54, 1.807) is 25.1 Å². The minimum Gasteiger partial charge on any atom is -0.477 e. The number of carbonyl (C=O) groups is 1. The van der Waals surface area contributed by atoms with Gasteiger partial charge in [0, 0.05) is 6.07 Å². The highest BCUT2D eigenvalue weighted by molar-refractivity contribution is 7.92. The summed E-state index contributed by atoms with van der Waals surface area (Å²) in [6.07, 6.45) is 0. The quantitative estimate of drug-likeness (QED) is 0.780. The Hall–Kier alpha value is -2.35. The number of sulfonamides is 1. The van der Waals surface area contributed by atoms with Crippen LogP contribution in [-0.2, 0) is 10.0 Å². The molecule has 0 unspecified atom stereocenters. The van der Waals surface area contributed by atoms with Crippen LogP contribution in [0.4, 0.5) is 5.82 Å². The third-order valence-corrected chi connectivity index (χ3v) is 3.95. The topological polar surface area (TPSA) is 112 Å². The Bertz CT molecular complexity index is 721. The smallest absolute Gasteiger partial charge is 0.353 e. The summed E-state index contributed by atoms with van der Waals surface area (Å²) < 4.78 is 26.4. The van der Waals surface area contributed by atoms with E-state index < -0.39 is 16.0 Å². The van der Waals surface area contributed by atoms with Crippen LogP contribution < -0.4 is 4.72 Å². The second kappa shape index (κ2) is 4.73. The first-order valence-corrected chi connectivity index (χ1v) is 6.75. The molecule has 3 N–H and O–H groups in total. The molecule has 0 atom stereocenters. The van der Waals surface area contributed by atoms with Crippen LogP contribution in [0.25, 0.3) is 0 Å². The molecule has 0 aliphatic heterocycles. The zero-order chi connectivity index (χ0) is 14.0. The average molecular weight is 281 g/mol. The van der Waals surface area contributed by atoms with Crippen molar-refractivity contribution in [1.29, 1.82) is 0 Å². The number of carboxylic acids is 1. The van der Waals surface area contributed by atoms with E-state index in [1.165, 1.54) is 6.07 Å². The lowest BCUT2D eigenvalue weighted by molar-refractivity contribution is 0.0690.